The molecule has 114 valence electrons. The number of likely N-dealkylation sites (tertiary alicyclic amines) is 1. The van der Waals surface area contributed by atoms with Gasteiger partial charge in [-0.05, 0) is 51.5 Å². The average molecular weight is 280 g/mol. The van der Waals surface area contributed by atoms with Crippen molar-refractivity contribution >= 4 is 5.91 Å². The minimum absolute atomic E-state index is 0.0989. The molecule has 1 aliphatic carbocycles. The maximum absolute atomic E-state index is 12.0. The largest absolute Gasteiger partial charge is 0.395 e. The van der Waals surface area contributed by atoms with Crippen molar-refractivity contribution in [3.8, 4) is 0 Å². The number of carbonyl (C=O) groups is 1. The van der Waals surface area contributed by atoms with E-state index in [9.17, 15) is 9.90 Å². The van der Waals surface area contributed by atoms with Gasteiger partial charge in [-0.2, -0.15) is 0 Å². The number of nitrogens with zero attached hydrogens (tertiary/aromatic N) is 1. The van der Waals surface area contributed by atoms with Crippen LogP contribution in [0.5, 0.6) is 0 Å². The zero-order valence-corrected chi connectivity index (χ0v) is 12.4. The first-order chi connectivity index (χ1) is 9.79. The van der Waals surface area contributed by atoms with Gasteiger partial charge in [0.25, 0.3) is 0 Å². The molecule has 0 unspecified atom stereocenters. The molecule has 1 amide bonds. The van der Waals surface area contributed by atoms with Gasteiger partial charge in [0.15, 0.2) is 0 Å². The van der Waals surface area contributed by atoms with Crippen LogP contribution in [-0.2, 0) is 4.79 Å². The maximum atomic E-state index is 12.0. The molecule has 20 heavy (non-hydrogen) atoms. The quantitative estimate of drug-likeness (QED) is 0.730. The van der Waals surface area contributed by atoms with Crippen LogP contribution in [0, 0.1) is 0 Å². The Balaban J connectivity index is 1.65. The van der Waals surface area contributed by atoms with Crippen molar-refractivity contribution in [2.24, 2.45) is 0 Å². The van der Waals surface area contributed by atoms with Crippen molar-refractivity contribution in [1.82, 2.24) is 10.2 Å². The van der Waals surface area contributed by atoms with E-state index in [-0.39, 0.29) is 18.6 Å². The molecule has 0 aromatic rings. The molecule has 4 nitrogen and oxygen atoms in total. The Morgan fingerprint density at radius 2 is 2.25 bits per heavy atom. The molecular formula is C16H28N2O2. The highest BCUT2D eigenvalue weighted by atomic mass is 16.3. The third-order valence-electron chi connectivity index (χ3n) is 4.46. The summed E-state index contributed by atoms with van der Waals surface area (Å²) in [5, 5.41) is 12.4. The highest BCUT2D eigenvalue weighted by molar-refractivity contribution is 5.78. The van der Waals surface area contributed by atoms with Crippen LogP contribution in [0.3, 0.4) is 0 Å². The van der Waals surface area contributed by atoms with E-state index in [0.29, 0.717) is 6.54 Å². The molecule has 0 radical (unpaired) electrons. The van der Waals surface area contributed by atoms with E-state index in [1.54, 1.807) is 0 Å². The Labute approximate surface area is 122 Å². The molecule has 2 N–H and O–H groups in total. The summed E-state index contributed by atoms with van der Waals surface area (Å²) in [6.45, 7) is 2.29. The molecule has 1 heterocycles. The molecule has 2 aliphatic rings. The molecule has 1 fully saturated rings. The molecule has 0 bridgehead atoms. The molecule has 0 spiro atoms. The third-order valence-corrected chi connectivity index (χ3v) is 4.46. The topological polar surface area (TPSA) is 52.6 Å². The summed E-state index contributed by atoms with van der Waals surface area (Å²) in [5.74, 6) is 0.0989. The van der Waals surface area contributed by atoms with Gasteiger partial charge in [0, 0.05) is 12.6 Å². The van der Waals surface area contributed by atoms with Gasteiger partial charge in [-0.3, -0.25) is 9.69 Å². The number of aliphatic hydroxyl groups is 1. The Bertz CT molecular complexity index is 341. The fourth-order valence-electron chi connectivity index (χ4n) is 3.21. The fraction of sp³-hybridized carbons (Fsp3) is 0.812. The van der Waals surface area contributed by atoms with Crippen molar-refractivity contribution in [3.63, 3.8) is 0 Å². The van der Waals surface area contributed by atoms with E-state index < -0.39 is 0 Å². The molecule has 1 saturated heterocycles. The molecule has 1 atom stereocenters. The van der Waals surface area contributed by atoms with Crippen LogP contribution >= 0.6 is 0 Å². The minimum Gasteiger partial charge on any atom is -0.395 e. The first-order valence-corrected chi connectivity index (χ1v) is 8.09. The van der Waals surface area contributed by atoms with Crippen LogP contribution in [0.15, 0.2) is 11.6 Å². The number of aliphatic hydroxyl groups excluding tert-OH is 1. The first-order valence-electron chi connectivity index (χ1n) is 8.09. The number of hydrogen-bond donors (Lipinski definition) is 2. The van der Waals surface area contributed by atoms with E-state index in [0.717, 1.165) is 38.8 Å². The number of piperidine rings is 1. The van der Waals surface area contributed by atoms with Crippen LogP contribution in [0.4, 0.5) is 0 Å². The van der Waals surface area contributed by atoms with Crippen LogP contribution in [0.2, 0.25) is 0 Å². The van der Waals surface area contributed by atoms with E-state index >= 15 is 0 Å². The second kappa shape index (κ2) is 8.42. The van der Waals surface area contributed by atoms with Gasteiger partial charge in [0.05, 0.1) is 13.2 Å². The molecule has 0 saturated carbocycles. The summed E-state index contributed by atoms with van der Waals surface area (Å²) in [4.78, 5) is 14.1. The van der Waals surface area contributed by atoms with Gasteiger partial charge in [-0.15, -0.1) is 0 Å². The summed E-state index contributed by atoms with van der Waals surface area (Å²) < 4.78 is 0. The average Bonchev–Trinajstić information content (AvgIpc) is 2.49. The molecule has 2 rings (SSSR count). The SMILES string of the molecule is O=C(CN1CCCC[C@@H]1CO)NCCC1=CCCCC1. The normalized spacial score (nSPS) is 24.2. The summed E-state index contributed by atoms with van der Waals surface area (Å²) in [5.41, 5.74) is 1.50. The smallest absolute Gasteiger partial charge is 0.234 e. The van der Waals surface area contributed by atoms with Crippen LogP contribution in [0.25, 0.3) is 0 Å². The zero-order valence-electron chi connectivity index (χ0n) is 12.4. The number of carbonyl (C=O) groups excluding carboxylic acids is 1. The van der Waals surface area contributed by atoms with Gasteiger partial charge in [0.1, 0.15) is 0 Å². The molecular weight excluding hydrogens is 252 g/mol. The predicted molar refractivity (Wildman–Crippen MR) is 80.5 cm³/mol. The van der Waals surface area contributed by atoms with Crippen molar-refractivity contribution in [1.29, 1.82) is 0 Å². The van der Waals surface area contributed by atoms with Gasteiger partial charge < -0.3 is 10.4 Å². The second-order valence-corrected chi connectivity index (χ2v) is 6.01. The van der Waals surface area contributed by atoms with Crippen LogP contribution in [-0.4, -0.2) is 48.2 Å². The third kappa shape index (κ3) is 4.91. The molecule has 0 aromatic heterocycles. The van der Waals surface area contributed by atoms with Gasteiger partial charge in [-0.1, -0.05) is 18.1 Å². The Morgan fingerprint density at radius 3 is 3.00 bits per heavy atom. The number of amides is 1. The minimum atomic E-state index is 0.0989. The Morgan fingerprint density at radius 1 is 1.35 bits per heavy atom. The van der Waals surface area contributed by atoms with Crippen molar-refractivity contribution in [2.45, 2.75) is 57.4 Å². The van der Waals surface area contributed by atoms with Crippen LogP contribution in [0.1, 0.15) is 51.4 Å². The molecule has 1 aliphatic heterocycles. The monoisotopic (exact) mass is 280 g/mol. The Kier molecular flexibility index (Phi) is 6.54. The summed E-state index contributed by atoms with van der Waals surface area (Å²) >= 11 is 0. The van der Waals surface area contributed by atoms with Gasteiger partial charge in [-0.25, -0.2) is 0 Å². The number of rotatable bonds is 6. The fourth-order valence-corrected chi connectivity index (χ4v) is 3.21. The second-order valence-electron chi connectivity index (χ2n) is 6.01. The first kappa shape index (κ1) is 15.5. The molecule has 0 aromatic carbocycles. The lowest BCUT2D eigenvalue weighted by Crippen LogP contribution is -2.47. The van der Waals surface area contributed by atoms with Crippen LogP contribution < -0.4 is 5.32 Å². The van der Waals surface area contributed by atoms with Crippen molar-refractivity contribution in [3.05, 3.63) is 11.6 Å². The van der Waals surface area contributed by atoms with Crippen molar-refractivity contribution < 1.29 is 9.90 Å². The van der Waals surface area contributed by atoms with E-state index in [1.807, 2.05) is 0 Å². The number of nitrogens with one attached hydrogen (secondary N) is 1. The summed E-state index contributed by atoms with van der Waals surface area (Å²) in [7, 11) is 0. The maximum Gasteiger partial charge on any atom is 0.234 e. The highest BCUT2D eigenvalue weighted by Crippen LogP contribution is 2.19. The Hall–Kier alpha value is -0.870. The highest BCUT2D eigenvalue weighted by Gasteiger charge is 2.23. The van der Waals surface area contributed by atoms with Crippen molar-refractivity contribution in [2.75, 3.05) is 26.2 Å². The lowest BCUT2D eigenvalue weighted by Gasteiger charge is -2.33. The van der Waals surface area contributed by atoms with E-state index in [1.165, 1.54) is 31.3 Å². The summed E-state index contributed by atoms with van der Waals surface area (Å²) in [6.07, 6.45) is 11.7. The predicted octanol–water partition coefficient (Wildman–Crippen LogP) is 1.84. The zero-order chi connectivity index (χ0) is 14.2. The van der Waals surface area contributed by atoms with E-state index in [2.05, 4.69) is 16.3 Å². The number of hydrogen-bond acceptors (Lipinski definition) is 3. The number of allylic oxidation sites excluding steroid dienone is 1. The van der Waals surface area contributed by atoms with E-state index in [4.69, 9.17) is 0 Å². The lowest BCUT2D eigenvalue weighted by atomic mass is 9.97. The standard InChI is InChI=1S/C16H28N2O2/c19-13-15-8-4-5-11-18(15)12-16(20)17-10-9-14-6-2-1-3-7-14/h6,15,19H,1-5,7-13H2,(H,17,20)/t15-/m1/s1. The van der Waals surface area contributed by atoms with Gasteiger partial charge in [0.2, 0.25) is 5.91 Å². The van der Waals surface area contributed by atoms with Gasteiger partial charge >= 0.3 is 0 Å². The lowest BCUT2D eigenvalue weighted by molar-refractivity contribution is -0.123. The summed E-state index contributed by atoms with van der Waals surface area (Å²) in [6, 6.07) is 0.176. The molecule has 4 heteroatoms.